The number of methoxy groups -OCH3 is 1. The molecule has 2 aromatic rings. The van der Waals surface area contributed by atoms with Crippen LogP contribution in [0.2, 0.25) is 0 Å². The van der Waals surface area contributed by atoms with Crippen LogP contribution in [0.1, 0.15) is 23.8 Å². The van der Waals surface area contributed by atoms with Crippen LogP contribution in [0.4, 0.5) is 0 Å². The van der Waals surface area contributed by atoms with Crippen molar-refractivity contribution in [3.63, 3.8) is 0 Å². The molecule has 0 fully saturated rings. The van der Waals surface area contributed by atoms with E-state index in [4.69, 9.17) is 4.74 Å². The summed E-state index contributed by atoms with van der Waals surface area (Å²) in [7, 11) is 1.62. The molecule has 0 aliphatic rings. The first-order chi connectivity index (χ1) is 10.1. The summed E-state index contributed by atoms with van der Waals surface area (Å²) >= 11 is 1.31. The predicted octanol–water partition coefficient (Wildman–Crippen LogP) is 1.08. The van der Waals surface area contributed by atoms with Crippen LogP contribution in [-0.4, -0.2) is 28.0 Å². The lowest BCUT2D eigenvalue weighted by molar-refractivity contribution is 0.190. The summed E-state index contributed by atoms with van der Waals surface area (Å²) in [5.41, 5.74) is 0.205. The molecule has 1 N–H and O–H groups in total. The maximum Gasteiger partial charge on any atom is 0.332 e. The van der Waals surface area contributed by atoms with Crippen LogP contribution in [0, 0.1) is 6.92 Å². The largest absolute Gasteiger partial charge is 0.391 e. The minimum atomic E-state index is -0.295. The number of rotatable bonds is 6. The first-order valence-corrected chi connectivity index (χ1v) is 7.73. The summed E-state index contributed by atoms with van der Waals surface area (Å²) < 4.78 is 7.89. The number of aliphatic hydroxyl groups excluding tert-OH is 1. The Morgan fingerprint density at radius 3 is 2.57 bits per heavy atom. The number of aryl methyl sites for hydroxylation is 2. The van der Waals surface area contributed by atoms with Crippen molar-refractivity contribution >= 4 is 21.6 Å². The summed E-state index contributed by atoms with van der Waals surface area (Å²) in [5, 5.41) is 9.95. The van der Waals surface area contributed by atoms with Gasteiger partial charge >= 0.3 is 5.69 Å². The van der Waals surface area contributed by atoms with Crippen LogP contribution in [0.15, 0.2) is 9.59 Å². The van der Waals surface area contributed by atoms with Gasteiger partial charge in [-0.1, -0.05) is 0 Å². The molecule has 0 saturated carbocycles. The van der Waals surface area contributed by atoms with Crippen molar-refractivity contribution in [2.75, 3.05) is 13.7 Å². The van der Waals surface area contributed by atoms with Crippen molar-refractivity contribution in [3.8, 4) is 0 Å². The topological polar surface area (TPSA) is 73.5 Å². The second-order valence-electron chi connectivity index (χ2n) is 4.82. The molecule has 0 atom stereocenters. The Labute approximate surface area is 126 Å². The fourth-order valence-corrected chi connectivity index (χ4v) is 3.61. The SMILES string of the molecule is CCn1c(=O)c2c(C)c(CO)sc2n(CCCOC)c1=O. The zero-order valence-corrected chi connectivity index (χ0v) is 13.3. The fourth-order valence-electron chi connectivity index (χ4n) is 2.43. The van der Waals surface area contributed by atoms with Crippen LogP contribution in [-0.2, 0) is 24.4 Å². The average Bonchev–Trinajstić information content (AvgIpc) is 2.80. The third-order valence-corrected chi connectivity index (χ3v) is 4.88. The molecule has 0 aromatic carbocycles. The number of aromatic nitrogens is 2. The van der Waals surface area contributed by atoms with E-state index in [1.807, 2.05) is 6.92 Å². The molecule has 7 heteroatoms. The van der Waals surface area contributed by atoms with E-state index in [2.05, 4.69) is 0 Å². The molecular weight excluding hydrogens is 292 g/mol. The van der Waals surface area contributed by atoms with Gasteiger partial charge in [-0.2, -0.15) is 0 Å². The van der Waals surface area contributed by atoms with Crippen molar-refractivity contribution < 1.29 is 9.84 Å². The molecule has 0 aliphatic heterocycles. The highest BCUT2D eigenvalue weighted by molar-refractivity contribution is 7.18. The molecule has 2 rings (SSSR count). The average molecular weight is 312 g/mol. The molecule has 0 unspecified atom stereocenters. The van der Waals surface area contributed by atoms with Gasteiger partial charge in [0.15, 0.2) is 0 Å². The number of aliphatic hydroxyl groups is 1. The third kappa shape index (κ3) is 2.68. The quantitative estimate of drug-likeness (QED) is 0.810. The summed E-state index contributed by atoms with van der Waals surface area (Å²) in [6.45, 7) is 4.86. The monoisotopic (exact) mass is 312 g/mol. The molecule has 2 heterocycles. The van der Waals surface area contributed by atoms with Gasteiger partial charge in [0.1, 0.15) is 4.83 Å². The van der Waals surface area contributed by atoms with E-state index in [0.717, 1.165) is 10.4 Å². The Morgan fingerprint density at radius 2 is 2.00 bits per heavy atom. The van der Waals surface area contributed by atoms with Gasteiger partial charge in [-0.25, -0.2) is 4.79 Å². The summed E-state index contributed by atoms with van der Waals surface area (Å²) in [4.78, 5) is 26.3. The molecule has 116 valence electrons. The molecule has 21 heavy (non-hydrogen) atoms. The minimum absolute atomic E-state index is 0.122. The molecule has 2 aromatic heterocycles. The molecule has 6 nitrogen and oxygen atoms in total. The number of fused-ring (bicyclic) bond motifs is 1. The van der Waals surface area contributed by atoms with Gasteiger partial charge in [0, 0.05) is 31.7 Å². The highest BCUT2D eigenvalue weighted by Gasteiger charge is 2.18. The number of thiophene rings is 1. The van der Waals surface area contributed by atoms with Gasteiger partial charge < -0.3 is 9.84 Å². The van der Waals surface area contributed by atoms with Gasteiger partial charge in [-0.3, -0.25) is 13.9 Å². The maximum atomic E-state index is 12.5. The van der Waals surface area contributed by atoms with Crippen molar-refractivity contribution in [2.45, 2.75) is 40.0 Å². The van der Waals surface area contributed by atoms with Crippen LogP contribution in [0.5, 0.6) is 0 Å². The number of hydrogen-bond acceptors (Lipinski definition) is 5. The second kappa shape index (κ2) is 6.55. The van der Waals surface area contributed by atoms with E-state index < -0.39 is 0 Å². The number of nitrogens with zero attached hydrogens (tertiary/aromatic N) is 2. The van der Waals surface area contributed by atoms with Crippen molar-refractivity contribution in [3.05, 3.63) is 31.3 Å². The van der Waals surface area contributed by atoms with E-state index >= 15 is 0 Å². The molecule has 0 bridgehead atoms. The van der Waals surface area contributed by atoms with Gasteiger partial charge in [0.2, 0.25) is 0 Å². The Morgan fingerprint density at radius 1 is 1.29 bits per heavy atom. The smallest absolute Gasteiger partial charge is 0.332 e. The van der Waals surface area contributed by atoms with Gasteiger partial charge in [0.05, 0.1) is 12.0 Å². The first-order valence-electron chi connectivity index (χ1n) is 6.92. The van der Waals surface area contributed by atoms with Gasteiger partial charge in [-0.15, -0.1) is 11.3 Å². The fraction of sp³-hybridized carbons (Fsp3) is 0.571. The third-order valence-electron chi connectivity index (χ3n) is 3.58. The lowest BCUT2D eigenvalue weighted by Gasteiger charge is -2.10. The van der Waals surface area contributed by atoms with Crippen molar-refractivity contribution in [1.82, 2.24) is 9.13 Å². The molecule has 0 saturated heterocycles. The summed E-state index contributed by atoms with van der Waals surface area (Å²) in [6, 6.07) is 0. The van der Waals surface area contributed by atoms with Crippen LogP contribution in [0.3, 0.4) is 0 Å². The molecule has 0 amide bonds. The Balaban J connectivity index is 2.75. The van der Waals surface area contributed by atoms with Crippen LogP contribution < -0.4 is 11.2 Å². The van der Waals surface area contributed by atoms with E-state index in [9.17, 15) is 14.7 Å². The van der Waals surface area contributed by atoms with Gasteiger partial charge in [0.25, 0.3) is 5.56 Å². The lowest BCUT2D eigenvalue weighted by Crippen LogP contribution is -2.39. The molecule has 0 radical (unpaired) electrons. The molecule has 0 aliphatic carbocycles. The van der Waals surface area contributed by atoms with Crippen LogP contribution in [0.25, 0.3) is 10.2 Å². The van der Waals surface area contributed by atoms with E-state index in [1.165, 1.54) is 15.9 Å². The Kier molecular flexibility index (Phi) is 4.97. The highest BCUT2D eigenvalue weighted by atomic mass is 32.1. The van der Waals surface area contributed by atoms with Crippen molar-refractivity contribution in [1.29, 1.82) is 0 Å². The first kappa shape index (κ1) is 15.9. The summed E-state index contributed by atoms with van der Waals surface area (Å²) in [6.07, 6.45) is 0.693. The highest BCUT2D eigenvalue weighted by Crippen LogP contribution is 2.27. The van der Waals surface area contributed by atoms with E-state index in [0.29, 0.717) is 36.3 Å². The zero-order chi connectivity index (χ0) is 15.6. The second-order valence-corrected chi connectivity index (χ2v) is 5.90. The number of hydrogen-bond donors (Lipinski definition) is 1. The molecular formula is C14H20N2O4S. The standard InChI is InChI=1S/C14H20N2O4S/c1-4-15-12(18)11-9(2)10(8-17)21-13(11)16(14(15)19)6-5-7-20-3/h17H,4-8H2,1-3H3. The van der Waals surface area contributed by atoms with Crippen molar-refractivity contribution in [2.24, 2.45) is 0 Å². The zero-order valence-electron chi connectivity index (χ0n) is 12.5. The number of ether oxygens (including phenoxy) is 1. The van der Waals surface area contributed by atoms with Crippen LogP contribution >= 0.6 is 11.3 Å². The maximum absolute atomic E-state index is 12.5. The lowest BCUT2D eigenvalue weighted by atomic mass is 10.2. The Hall–Kier alpha value is -1.44. The minimum Gasteiger partial charge on any atom is -0.391 e. The van der Waals surface area contributed by atoms with E-state index in [-0.39, 0.29) is 17.9 Å². The van der Waals surface area contributed by atoms with E-state index in [1.54, 1.807) is 18.6 Å². The predicted molar refractivity (Wildman–Crippen MR) is 83.2 cm³/mol. The molecule has 0 spiro atoms. The normalized spacial score (nSPS) is 11.4. The van der Waals surface area contributed by atoms with Gasteiger partial charge in [-0.05, 0) is 25.8 Å². The summed E-state index contributed by atoms with van der Waals surface area (Å²) in [5.74, 6) is 0. The Bertz CT molecular complexity index is 757.